The lowest BCUT2D eigenvalue weighted by Crippen LogP contribution is -2.53. The van der Waals surface area contributed by atoms with Gasteiger partial charge < -0.3 is 10.2 Å². The monoisotopic (exact) mass is 277 g/mol. The van der Waals surface area contributed by atoms with Gasteiger partial charge in [0.1, 0.15) is 0 Å². The van der Waals surface area contributed by atoms with E-state index in [1.165, 1.54) is 0 Å². The van der Waals surface area contributed by atoms with E-state index in [1.54, 1.807) is 0 Å². The van der Waals surface area contributed by atoms with Crippen molar-refractivity contribution in [1.29, 1.82) is 0 Å². The standard InChI is InChI=1S/C14H23N5O/c1-4-5-15-14-16-6-12(7-17-14)9-19-8-11(2)18(3)13(20)10-19/h6-7,11H,4-5,8-10H2,1-3H3,(H,15,16,17)/t11-/m0/s1. The Morgan fingerprint density at radius 2 is 2.10 bits per heavy atom. The van der Waals surface area contributed by atoms with E-state index < -0.39 is 0 Å². The van der Waals surface area contributed by atoms with Crippen molar-refractivity contribution in [2.45, 2.75) is 32.9 Å². The number of amides is 1. The van der Waals surface area contributed by atoms with Crippen molar-refractivity contribution in [2.75, 3.05) is 32.0 Å². The maximum atomic E-state index is 11.8. The van der Waals surface area contributed by atoms with Crippen LogP contribution in [-0.4, -0.2) is 58.4 Å². The fourth-order valence-electron chi connectivity index (χ4n) is 2.25. The smallest absolute Gasteiger partial charge is 0.236 e. The van der Waals surface area contributed by atoms with Gasteiger partial charge in [0, 0.05) is 50.7 Å². The van der Waals surface area contributed by atoms with Gasteiger partial charge in [0.05, 0.1) is 6.54 Å². The van der Waals surface area contributed by atoms with E-state index in [9.17, 15) is 4.79 Å². The Morgan fingerprint density at radius 3 is 2.70 bits per heavy atom. The van der Waals surface area contributed by atoms with Crippen LogP contribution < -0.4 is 5.32 Å². The van der Waals surface area contributed by atoms with Crippen molar-refractivity contribution in [3.05, 3.63) is 18.0 Å². The third-order valence-electron chi connectivity index (χ3n) is 3.58. The van der Waals surface area contributed by atoms with Crippen molar-refractivity contribution in [2.24, 2.45) is 0 Å². The Morgan fingerprint density at radius 1 is 1.40 bits per heavy atom. The van der Waals surface area contributed by atoms with E-state index in [2.05, 4.69) is 34.0 Å². The molecule has 1 aliphatic heterocycles. The highest BCUT2D eigenvalue weighted by molar-refractivity contribution is 5.79. The van der Waals surface area contributed by atoms with Crippen LogP contribution in [0, 0.1) is 0 Å². The minimum Gasteiger partial charge on any atom is -0.354 e. The minimum absolute atomic E-state index is 0.172. The van der Waals surface area contributed by atoms with Crippen molar-refractivity contribution < 1.29 is 4.79 Å². The molecule has 6 heteroatoms. The van der Waals surface area contributed by atoms with Gasteiger partial charge in [-0.1, -0.05) is 6.92 Å². The number of aromatic nitrogens is 2. The largest absolute Gasteiger partial charge is 0.354 e. The maximum Gasteiger partial charge on any atom is 0.236 e. The number of rotatable bonds is 5. The summed E-state index contributed by atoms with van der Waals surface area (Å²) < 4.78 is 0. The number of piperazine rings is 1. The van der Waals surface area contributed by atoms with Gasteiger partial charge >= 0.3 is 0 Å². The van der Waals surface area contributed by atoms with E-state index in [1.807, 2.05) is 24.3 Å². The Kier molecular flexibility index (Phi) is 4.89. The second kappa shape index (κ2) is 6.65. The number of carbonyl (C=O) groups excluding carboxylic acids is 1. The van der Waals surface area contributed by atoms with Gasteiger partial charge in [0.25, 0.3) is 0 Å². The van der Waals surface area contributed by atoms with Crippen molar-refractivity contribution in [1.82, 2.24) is 19.8 Å². The number of hydrogen-bond acceptors (Lipinski definition) is 5. The first-order valence-electron chi connectivity index (χ1n) is 7.13. The summed E-state index contributed by atoms with van der Waals surface area (Å²) in [6, 6.07) is 0.252. The van der Waals surface area contributed by atoms with Gasteiger partial charge in [-0.25, -0.2) is 9.97 Å². The quantitative estimate of drug-likeness (QED) is 0.868. The summed E-state index contributed by atoms with van der Waals surface area (Å²) in [5.74, 6) is 0.837. The molecule has 0 radical (unpaired) electrons. The summed E-state index contributed by atoms with van der Waals surface area (Å²) in [5.41, 5.74) is 1.04. The van der Waals surface area contributed by atoms with E-state index in [4.69, 9.17) is 0 Å². The highest BCUT2D eigenvalue weighted by atomic mass is 16.2. The molecule has 2 heterocycles. The van der Waals surface area contributed by atoms with Crippen LogP contribution in [0.1, 0.15) is 25.8 Å². The summed E-state index contributed by atoms with van der Waals surface area (Å²) in [7, 11) is 1.86. The molecule has 0 saturated carbocycles. The van der Waals surface area contributed by atoms with Gasteiger partial charge in [-0.2, -0.15) is 0 Å². The summed E-state index contributed by atoms with van der Waals surface area (Å²) in [4.78, 5) is 24.4. The Labute approximate surface area is 120 Å². The first-order valence-corrected chi connectivity index (χ1v) is 7.13. The van der Waals surface area contributed by atoms with Crippen LogP contribution in [-0.2, 0) is 11.3 Å². The molecule has 1 saturated heterocycles. The van der Waals surface area contributed by atoms with Crippen LogP contribution in [0.4, 0.5) is 5.95 Å². The van der Waals surface area contributed by atoms with Gasteiger partial charge in [-0.15, -0.1) is 0 Å². The lowest BCUT2D eigenvalue weighted by molar-refractivity contribution is -0.137. The number of carbonyl (C=O) groups is 1. The van der Waals surface area contributed by atoms with E-state index >= 15 is 0 Å². The van der Waals surface area contributed by atoms with Crippen molar-refractivity contribution in [3.8, 4) is 0 Å². The molecular formula is C14H23N5O. The molecule has 1 aromatic heterocycles. The van der Waals surface area contributed by atoms with Gasteiger partial charge in [-0.3, -0.25) is 9.69 Å². The topological polar surface area (TPSA) is 61.4 Å². The third-order valence-corrected chi connectivity index (χ3v) is 3.58. The summed E-state index contributed by atoms with van der Waals surface area (Å²) in [5, 5.41) is 3.15. The summed E-state index contributed by atoms with van der Waals surface area (Å²) >= 11 is 0. The molecule has 1 aliphatic rings. The minimum atomic E-state index is 0.172. The first-order chi connectivity index (χ1) is 9.60. The number of nitrogens with one attached hydrogen (secondary N) is 1. The second-order valence-electron chi connectivity index (χ2n) is 5.36. The Balaban J connectivity index is 1.91. The zero-order chi connectivity index (χ0) is 14.5. The molecule has 0 bridgehead atoms. The van der Waals surface area contributed by atoms with Crippen LogP contribution >= 0.6 is 0 Å². The summed E-state index contributed by atoms with van der Waals surface area (Å²) in [6.45, 7) is 7.13. The normalized spacial score (nSPS) is 20.2. The molecule has 1 fully saturated rings. The molecule has 0 spiro atoms. The zero-order valence-corrected chi connectivity index (χ0v) is 12.5. The van der Waals surface area contributed by atoms with E-state index in [-0.39, 0.29) is 11.9 Å². The highest BCUT2D eigenvalue weighted by Crippen LogP contribution is 2.12. The first kappa shape index (κ1) is 14.7. The second-order valence-corrected chi connectivity index (χ2v) is 5.36. The molecule has 1 aromatic rings. The molecular weight excluding hydrogens is 254 g/mol. The average Bonchev–Trinajstić information content (AvgIpc) is 2.44. The number of anilines is 1. The summed E-state index contributed by atoms with van der Waals surface area (Å²) in [6.07, 6.45) is 4.71. The van der Waals surface area contributed by atoms with Crippen LogP contribution in [0.3, 0.4) is 0 Å². The number of likely N-dealkylation sites (N-methyl/N-ethyl adjacent to an activating group) is 1. The van der Waals surface area contributed by atoms with Crippen molar-refractivity contribution >= 4 is 11.9 Å². The molecule has 2 rings (SSSR count). The Bertz CT molecular complexity index is 447. The Hall–Kier alpha value is -1.69. The predicted molar refractivity (Wildman–Crippen MR) is 78.3 cm³/mol. The molecule has 0 aliphatic carbocycles. The number of nitrogens with zero attached hydrogens (tertiary/aromatic N) is 4. The highest BCUT2D eigenvalue weighted by Gasteiger charge is 2.26. The molecule has 1 atom stereocenters. The lowest BCUT2D eigenvalue weighted by Gasteiger charge is -2.37. The molecule has 110 valence electrons. The maximum absolute atomic E-state index is 11.8. The number of hydrogen-bond donors (Lipinski definition) is 1. The lowest BCUT2D eigenvalue weighted by atomic mass is 10.2. The molecule has 1 N–H and O–H groups in total. The molecule has 20 heavy (non-hydrogen) atoms. The fraction of sp³-hybridized carbons (Fsp3) is 0.643. The van der Waals surface area contributed by atoms with Crippen LogP contribution in [0.25, 0.3) is 0 Å². The third kappa shape index (κ3) is 3.66. The van der Waals surface area contributed by atoms with Gasteiger partial charge in [0.15, 0.2) is 0 Å². The molecule has 0 aromatic carbocycles. The molecule has 6 nitrogen and oxygen atoms in total. The molecule has 0 unspecified atom stereocenters. The van der Waals surface area contributed by atoms with E-state index in [0.717, 1.165) is 31.6 Å². The van der Waals surface area contributed by atoms with Crippen molar-refractivity contribution in [3.63, 3.8) is 0 Å². The fourth-order valence-corrected chi connectivity index (χ4v) is 2.25. The average molecular weight is 277 g/mol. The van der Waals surface area contributed by atoms with E-state index in [0.29, 0.717) is 12.5 Å². The van der Waals surface area contributed by atoms with Crippen LogP contribution in [0.5, 0.6) is 0 Å². The van der Waals surface area contributed by atoms with Crippen LogP contribution in [0.2, 0.25) is 0 Å². The van der Waals surface area contributed by atoms with Crippen LogP contribution in [0.15, 0.2) is 12.4 Å². The van der Waals surface area contributed by atoms with Gasteiger partial charge in [0.2, 0.25) is 11.9 Å². The van der Waals surface area contributed by atoms with Gasteiger partial charge in [-0.05, 0) is 13.3 Å². The SMILES string of the molecule is CCCNc1ncc(CN2CC(=O)N(C)[C@@H](C)C2)cn1. The molecule has 1 amide bonds. The predicted octanol–water partition coefficient (Wildman–Crippen LogP) is 0.961. The zero-order valence-electron chi connectivity index (χ0n) is 12.5.